The quantitative estimate of drug-likeness (QED) is 0.504. The van der Waals surface area contributed by atoms with E-state index >= 15 is 0 Å². The van der Waals surface area contributed by atoms with Crippen LogP contribution in [0.4, 0.5) is 0 Å². The summed E-state index contributed by atoms with van der Waals surface area (Å²) in [4.78, 5) is 15.8. The van der Waals surface area contributed by atoms with E-state index in [2.05, 4.69) is 20.0 Å². The predicted octanol–water partition coefficient (Wildman–Crippen LogP) is 0.450. The van der Waals surface area contributed by atoms with Crippen molar-refractivity contribution in [3.8, 4) is 5.40 Å². The number of hydrogen-bond acceptors (Lipinski definition) is 6. The Kier molecular flexibility index (Phi) is 1.72. The van der Waals surface area contributed by atoms with Gasteiger partial charge in [-0.3, -0.25) is 4.99 Å². The van der Waals surface area contributed by atoms with Gasteiger partial charge in [0.15, 0.2) is 11.9 Å². The van der Waals surface area contributed by atoms with Gasteiger partial charge >= 0.3 is 0 Å². The summed E-state index contributed by atoms with van der Waals surface area (Å²) in [7, 11) is 0. The Morgan fingerprint density at radius 1 is 1.42 bits per heavy atom. The van der Waals surface area contributed by atoms with Crippen molar-refractivity contribution in [1.29, 1.82) is 5.26 Å². The first-order valence-electron chi connectivity index (χ1n) is 3.17. The van der Waals surface area contributed by atoms with Gasteiger partial charge in [0.1, 0.15) is 23.1 Å². The molecule has 0 fully saturated rings. The van der Waals surface area contributed by atoms with E-state index in [1.807, 2.05) is 5.40 Å². The van der Waals surface area contributed by atoms with Crippen LogP contribution in [0.5, 0.6) is 0 Å². The van der Waals surface area contributed by atoms with E-state index in [1.165, 1.54) is 12.7 Å². The third-order valence-electron chi connectivity index (χ3n) is 1.41. The van der Waals surface area contributed by atoms with E-state index in [0.717, 1.165) is 11.8 Å². The van der Waals surface area contributed by atoms with Crippen LogP contribution in [-0.2, 0) is 0 Å². The zero-order valence-corrected chi connectivity index (χ0v) is 6.69. The third kappa shape index (κ3) is 1.04. The van der Waals surface area contributed by atoms with Crippen LogP contribution in [-0.4, -0.2) is 29.6 Å². The van der Waals surface area contributed by atoms with Crippen molar-refractivity contribution < 1.29 is 0 Å². The molecule has 0 aromatic rings. The van der Waals surface area contributed by atoms with Crippen molar-refractivity contribution in [1.82, 2.24) is 0 Å². The van der Waals surface area contributed by atoms with Gasteiger partial charge in [0.2, 0.25) is 0 Å². The number of hydrogen-bond donors (Lipinski definition) is 0. The normalized spacial score (nSPS) is 24.4. The average molecular weight is 177 g/mol. The van der Waals surface area contributed by atoms with Crippen LogP contribution in [0.2, 0.25) is 0 Å². The molecule has 0 bridgehead atoms. The molecule has 0 saturated heterocycles. The summed E-state index contributed by atoms with van der Waals surface area (Å²) >= 11 is 0.998. The average Bonchev–Trinajstić information content (AvgIpc) is 2.53. The summed E-state index contributed by atoms with van der Waals surface area (Å²) in [6, 6.07) is -0.236. The topological polar surface area (TPSA) is 73.2 Å². The summed E-state index contributed by atoms with van der Waals surface area (Å²) in [5, 5.41) is 11.0. The molecule has 1 unspecified atom stereocenters. The molecule has 0 radical (unpaired) electrons. The molecule has 0 aliphatic carbocycles. The van der Waals surface area contributed by atoms with Gasteiger partial charge in [-0.1, -0.05) is 0 Å². The molecule has 6 heteroatoms. The maximum Gasteiger partial charge on any atom is 0.163 e. The minimum Gasteiger partial charge on any atom is -0.255 e. The highest BCUT2D eigenvalue weighted by atomic mass is 32.2. The molecule has 2 heterocycles. The van der Waals surface area contributed by atoms with Gasteiger partial charge in [0.25, 0.3) is 0 Å². The molecule has 0 aromatic carbocycles. The lowest BCUT2D eigenvalue weighted by atomic mass is 10.3. The van der Waals surface area contributed by atoms with E-state index in [9.17, 15) is 0 Å². The van der Waals surface area contributed by atoms with Crippen molar-refractivity contribution in [3.63, 3.8) is 0 Å². The van der Waals surface area contributed by atoms with E-state index in [4.69, 9.17) is 5.26 Å². The maximum atomic E-state index is 8.43. The van der Waals surface area contributed by atoms with E-state index in [0.29, 0.717) is 10.9 Å². The van der Waals surface area contributed by atoms with Crippen molar-refractivity contribution in [2.24, 2.45) is 20.0 Å². The largest absolute Gasteiger partial charge is 0.255 e. The summed E-state index contributed by atoms with van der Waals surface area (Å²) in [5.74, 6) is 0.614. The number of thioether (sulfide) groups is 1. The predicted molar refractivity (Wildman–Crippen MR) is 48.8 cm³/mol. The molecule has 1 atom stereocenters. The molecule has 0 aromatic heterocycles. The van der Waals surface area contributed by atoms with Crippen LogP contribution in [0.25, 0.3) is 0 Å². The molecule has 0 spiro atoms. The number of aliphatic imine (C=N–C) groups is 4. The Morgan fingerprint density at radius 3 is 3.17 bits per heavy atom. The van der Waals surface area contributed by atoms with Gasteiger partial charge in [0, 0.05) is 11.8 Å². The fourth-order valence-electron chi connectivity index (χ4n) is 0.919. The zero-order chi connectivity index (χ0) is 8.39. The molecule has 58 valence electrons. The lowest BCUT2D eigenvalue weighted by Crippen LogP contribution is -2.25. The number of thiocyanates is 1. The molecule has 12 heavy (non-hydrogen) atoms. The van der Waals surface area contributed by atoms with Gasteiger partial charge in [-0.15, -0.1) is 0 Å². The maximum absolute atomic E-state index is 8.43. The molecule has 2 rings (SSSR count). The molecule has 0 N–H and O–H groups in total. The summed E-state index contributed by atoms with van der Waals surface area (Å²) in [5.41, 5.74) is 0. The Bertz CT molecular complexity index is 359. The number of rotatable bonds is 0. The molecule has 2 aliphatic rings. The first kappa shape index (κ1) is 7.18. The van der Waals surface area contributed by atoms with Crippen molar-refractivity contribution in [3.05, 3.63) is 0 Å². The van der Waals surface area contributed by atoms with Gasteiger partial charge in [-0.05, 0) is 0 Å². The molecular weight excluding hydrogens is 174 g/mol. The first-order valence-corrected chi connectivity index (χ1v) is 3.99. The molecule has 0 amide bonds. The molecular formula is C6H3N5S. The lowest BCUT2D eigenvalue weighted by Gasteiger charge is -2.09. The molecule has 2 aliphatic heterocycles. The number of nitriles is 1. The Balaban J connectivity index is 2.30. The van der Waals surface area contributed by atoms with E-state index in [1.54, 1.807) is 0 Å². The second-order valence-electron chi connectivity index (χ2n) is 2.06. The second kappa shape index (κ2) is 2.87. The smallest absolute Gasteiger partial charge is 0.163 e. The van der Waals surface area contributed by atoms with Crippen LogP contribution in [0.15, 0.2) is 20.0 Å². The fraction of sp³-hybridized carbons (Fsp3) is 0.167. The zero-order valence-electron chi connectivity index (χ0n) is 5.88. The van der Waals surface area contributed by atoms with Crippen LogP contribution >= 0.6 is 11.8 Å². The van der Waals surface area contributed by atoms with Crippen molar-refractivity contribution in [2.45, 2.75) is 6.04 Å². The fourth-order valence-corrected chi connectivity index (χ4v) is 1.39. The van der Waals surface area contributed by atoms with Crippen molar-refractivity contribution >= 4 is 35.3 Å². The van der Waals surface area contributed by atoms with Crippen LogP contribution in [0, 0.1) is 10.7 Å². The number of amidine groups is 1. The van der Waals surface area contributed by atoms with Gasteiger partial charge < -0.3 is 0 Å². The lowest BCUT2D eigenvalue weighted by molar-refractivity contribution is 1.16. The Hall–Kier alpha value is -1.48. The standard InChI is InChI=1S/C6H3N5S/c7-1-12-6-4-5(9-2-8-4)10-3-11-6/h2-4H. The minimum absolute atomic E-state index is 0.236. The highest BCUT2D eigenvalue weighted by Gasteiger charge is 2.26. The van der Waals surface area contributed by atoms with Crippen LogP contribution in [0.3, 0.4) is 0 Å². The second-order valence-corrected chi connectivity index (χ2v) is 2.86. The van der Waals surface area contributed by atoms with Gasteiger partial charge in [0.05, 0.1) is 0 Å². The molecule has 5 nitrogen and oxygen atoms in total. The highest BCUT2D eigenvalue weighted by Crippen LogP contribution is 2.16. The SMILES string of the molecule is N#CSC1=NC=NC2=NC=NC21. The van der Waals surface area contributed by atoms with Crippen LogP contribution in [0.1, 0.15) is 0 Å². The third-order valence-corrected chi connectivity index (χ3v) is 2.04. The number of nitrogens with zero attached hydrogens (tertiary/aromatic N) is 5. The number of fused-ring (bicyclic) bond motifs is 1. The minimum atomic E-state index is -0.236. The summed E-state index contributed by atoms with van der Waals surface area (Å²) in [6.45, 7) is 0. The van der Waals surface area contributed by atoms with E-state index < -0.39 is 0 Å². The van der Waals surface area contributed by atoms with E-state index in [-0.39, 0.29) is 6.04 Å². The Morgan fingerprint density at radius 2 is 2.33 bits per heavy atom. The summed E-state index contributed by atoms with van der Waals surface area (Å²) < 4.78 is 0. The molecule has 0 saturated carbocycles. The first-order chi connectivity index (χ1) is 5.92. The van der Waals surface area contributed by atoms with Gasteiger partial charge in [-0.25, -0.2) is 15.0 Å². The monoisotopic (exact) mass is 177 g/mol. The highest BCUT2D eigenvalue weighted by molar-refractivity contribution is 8.18. The van der Waals surface area contributed by atoms with Crippen molar-refractivity contribution in [2.75, 3.05) is 0 Å². The van der Waals surface area contributed by atoms with Gasteiger partial charge in [-0.2, -0.15) is 5.26 Å². The van der Waals surface area contributed by atoms with Crippen LogP contribution < -0.4 is 0 Å². The summed E-state index contributed by atoms with van der Waals surface area (Å²) in [6.07, 6.45) is 2.83. The Labute approximate surface area is 72.6 Å².